The molecule has 2 rings (SSSR count). The maximum atomic E-state index is 9.45. The lowest BCUT2D eigenvalue weighted by Gasteiger charge is -2.12. The highest BCUT2D eigenvalue weighted by Gasteiger charge is 2.23. The Morgan fingerprint density at radius 1 is 1.29 bits per heavy atom. The molecular weight excluding hydrogens is 240 g/mol. The number of benzene rings is 1. The van der Waals surface area contributed by atoms with Gasteiger partial charge in [0.25, 0.3) is 0 Å². The van der Waals surface area contributed by atoms with Crippen LogP contribution in [-0.2, 0) is 6.61 Å². The van der Waals surface area contributed by atoms with E-state index in [2.05, 4.69) is 0 Å². The fourth-order valence-corrected chi connectivity index (χ4v) is 2.58. The molecule has 1 fully saturated rings. The zero-order valence-corrected chi connectivity index (χ0v) is 10.4. The van der Waals surface area contributed by atoms with Crippen molar-refractivity contribution in [2.45, 2.75) is 31.2 Å². The van der Waals surface area contributed by atoms with Crippen molar-refractivity contribution >= 4 is 11.6 Å². The van der Waals surface area contributed by atoms with Crippen LogP contribution in [0.1, 0.15) is 24.8 Å². The lowest BCUT2D eigenvalue weighted by atomic mass is 10.1. The predicted molar refractivity (Wildman–Crippen MR) is 66.5 cm³/mol. The van der Waals surface area contributed by atoms with E-state index in [0.717, 1.165) is 19.3 Å². The first-order chi connectivity index (χ1) is 8.17. The van der Waals surface area contributed by atoms with Gasteiger partial charge in [-0.3, -0.25) is 0 Å². The Morgan fingerprint density at radius 2 is 2.12 bits per heavy atom. The zero-order chi connectivity index (χ0) is 12.3. The van der Waals surface area contributed by atoms with Gasteiger partial charge in [-0.2, -0.15) is 0 Å². The molecule has 0 radical (unpaired) electrons. The number of aliphatic hydroxyl groups excluding tert-OH is 1. The van der Waals surface area contributed by atoms with Gasteiger partial charge in [0, 0.05) is 11.4 Å². The minimum Gasteiger partial charge on any atom is -0.508 e. The van der Waals surface area contributed by atoms with E-state index in [1.807, 2.05) is 0 Å². The first kappa shape index (κ1) is 12.5. The summed E-state index contributed by atoms with van der Waals surface area (Å²) in [6, 6.07) is 4.83. The molecule has 0 bridgehead atoms. The van der Waals surface area contributed by atoms with Crippen LogP contribution in [0.3, 0.4) is 0 Å². The van der Waals surface area contributed by atoms with Crippen LogP contribution in [0.15, 0.2) is 18.2 Å². The van der Waals surface area contributed by atoms with Crippen molar-refractivity contribution < 1.29 is 14.9 Å². The van der Waals surface area contributed by atoms with Gasteiger partial charge < -0.3 is 14.9 Å². The summed E-state index contributed by atoms with van der Waals surface area (Å²) in [6.45, 7) is 0.523. The number of aromatic hydroxyl groups is 1. The van der Waals surface area contributed by atoms with E-state index in [9.17, 15) is 5.11 Å². The standard InChI is InChI=1S/C13H17ClO3/c14-11-2-1-9(3-11)8-17-13-5-10(7-15)4-12(16)6-13/h4-6,9,11,15-16H,1-3,7-8H2. The fourth-order valence-electron chi connectivity index (χ4n) is 2.20. The highest BCUT2D eigenvalue weighted by Crippen LogP contribution is 2.30. The number of phenols is 1. The van der Waals surface area contributed by atoms with Gasteiger partial charge >= 0.3 is 0 Å². The van der Waals surface area contributed by atoms with Gasteiger partial charge in [-0.25, -0.2) is 0 Å². The highest BCUT2D eigenvalue weighted by atomic mass is 35.5. The van der Waals surface area contributed by atoms with E-state index in [-0.39, 0.29) is 17.7 Å². The largest absolute Gasteiger partial charge is 0.508 e. The Kier molecular flexibility index (Phi) is 4.13. The van der Waals surface area contributed by atoms with Gasteiger partial charge in [0.15, 0.2) is 0 Å². The number of halogens is 1. The summed E-state index contributed by atoms with van der Waals surface area (Å²) < 4.78 is 5.63. The van der Waals surface area contributed by atoms with Gasteiger partial charge in [0.1, 0.15) is 11.5 Å². The zero-order valence-electron chi connectivity index (χ0n) is 9.60. The van der Waals surface area contributed by atoms with E-state index in [4.69, 9.17) is 21.4 Å². The minimum absolute atomic E-state index is 0.0993. The third kappa shape index (κ3) is 3.51. The Morgan fingerprint density at radius 3 is 2.76 bits per heavy atom. The summed E-state index contributed by atoms with van der Waals surface area (Å²) in [5.41, 5.74) is 0.654. The molecule has 4 heteroatoms. The second-order valence-electron chi connectivity index (χ2n) is 4.58. The molecule has 1 aromatic rings. The minimum atomic E-state index is -0.0993. The van der Waals surface area contributed by atoms with Crippen molar-refractivity contribution in [3.8, 4) is 11.5 Å². The summed E-state index contributed by atoms with van der Waals surface area (Å²) in [4.78, 5) is 0. The second-order valence-corrected chi connectivity index (χ2v) is 5.20. The molecule has 0 aliphatic heterocycles. The first-order valence-electron chi connectivity index (χ1n) is 5.88. The molecule has 1 aliphatic carbocycles. The van der Waals surface area contributed by atoms with Gasteiger partial charge in [-0.1, -0.05) is 0 Å². The first-order valence-corrected chi connectivity index (χ1v) is 6.31. The van der Waals surface area contributed by atoms with Crippen LogP contribution in [-0.4, -0.2) is 22.2 Å². The van der Waals surface area contributed by atoms with Crippen LogP contribution in [0.5, 0.6) is 11.5 Å². The molecule has 17 heavy (non-hydrogen) atoms. The van der Waals surface area contributed by atoms with Crippen LogP contribution in [0.4, 0.5) is 0 Å². The van der Waals surface area contributed by atoms with Crippen LogP contribution >= 0.6 is 11.6 Å². The van der Waals surface area contributed by atoms with Crippen molar-refractivity contribution in [3.63, 3.8) is 0 Å². The molecule has 1 aromatic carbocycles. The number of hydrogen-bond donors (Lipinski definition) is 2. The summed E-state index contributed by atoms with van der Waals surface area (Å²) >= 11 is 6.03. The van der Waals surface area contributed by atoms with Crippen molar-refractivity contribution in [1.29, 1.82) is 0 Å². The van der Waals surface area contributed by atoms with Gasteiger partial charge in [0.2, 0.25) is 0 Å². The van der Waals surface area contributed by atoms with Crippen molar-refractivity contribution in [2.75, 3.05) is 6.61 Å². The number of hydrogen-bond acceptors (Lipinski definition) is 3. The third-order valence-corrected chi connectivity index (χ3v) is 3.49. The Bertz CT molecular complexity index is 381. The van der Waals surface area contributed by atoms with Crippen molar-refractivity contribution in [3.05, 3.63) is 23.8 Å². The fraction of sp³-hybridized carbons (Fsp3) is 0.538. The lowest BCUT2D eigenvalue weighted by Crippen LogP contribution is -2.09. The van der Waals surface area contributed by atoms with Crippen LogP contribution in [0.25, 0.3) is 0 Å². The summed E-state index contributed by atoms with van der Waals surface area (Å²) in [7, 11) is 0. The molecule has 0 saturated heterocycles. The maximum absolute atomic E-state index is 9.45. The molecule has 1 aliphatic rings. The van der Waals surface area contributed by atoms with Crippen LogP contribution in [0.2, 0.25) is 0 Å². The maximum Gasteiger partial charge on any atom is 0.123 e. The monoisotopic (exact) mass is 256 g/mol. The van der Waals surface area contributed by atoms with E-state index in [0.29, 0.717) is 23.8 Å². The Hall–Kier alpha value is -0.930. The Labute approximate surface area is 106 Å². The number of aliphatic hydroxyl groups is 1. The molecule has 2 N–H and O–H groups in total. The Balaban J connectivity index is 1.92. The topological polar surface area (TPSA) is 49.7 Å². The number of ether oxygens (including phenoxy) is 1. The number of alkyl halides is 1. The lowest BCUT2D eigenvalue weighted by molar-refractivity contribution is 0.248. The molecular formula is C13H17ClO3. The summed E-state index contributed by atoms with van der Waals surface area (Å²) in [6.07, 6.45) is 3.14. The van der Waals surface area contributed by atoms with Gasteiger partial charge in [-0.15, -0.1) is 11.6 Å². The molecule has 0 aromatic heterocycles. The molecule has 94 valence electrons. The molecule has 0 amide bonds. The summed E-state index contributed by atoms with van der Waals surface area (Å²) in [5.74, 6) is 1.22. The number of rotatable bonds is 4. The second kappa shape index (κ2) is 5.61. The average Bonchev–Trinajstić information content (AvgIpc) is 2.72. The smallest absolute Gasteiger partial charge is 0.123 e. The molecule has 0 spiro atoms. The van der Waals surface area contributed by atoms with Gasteiger partial charge in [-0.05, 0) is 42.9 Å². The molecule has 0 heterocycles. The molecule has 2 unspecified atom stereocenters. The quantitative estimate of drug-likeness (QED) is 0.815. The normalized spacial score (nSPS) is 23.9. The van der Waals surface area contributed by atoms with E-state index in [1.54, 1.807) is 12.1 Å². The third-order valence-electron chi connectivity index (χ3n) is 3.10. The van der Waals surface area contributed by atoms with E-state index < -0.39 is 0 Å². The molecule has 2 atom stereocenters. The van der Waals surface area contributed by atoms with E-state index >= 15 is 0 Å². The SMILES string of the molecule is OCc1cc(O)cc(OCC2CCC(Cl)C2)c1. The average molecular weight is 257 g/mol. The van der Waals surface area contributed by atoms with Crippen molar-refractivity contribution in [1.82, 2.24) is 0 Å². The number of phenolic OH excluding ortho intramolecular Hbond substituents is 1. The highest BCUT2D eigenvalue weighted by molar-refractivity contribution is 6.20. The van der Waals surface area contributed by atoms with Gasteiger partial charge in [0.05, 0.1) is 13.2 Å². The predicted octanol–water partition coefficient (Wildman–Crippen LogP) is 2.67. The summed E-state index contributed by atoms with van der Waals surface area (Å²) in [5, 5.41) is 18.7. The van der Waals surface area contributed by atoms with Crippen LogP contribution in [0, 0.1) is 5.92 Å². The van der Waals surface area contributed by atoms with E-state index in [1.165, 1.54) is 6.07 Å². The molecule has 3 nitrogen and oxygen atoms in total. The van der Waals surface area contributed by atoms with Crippen molar-refractivity contribution in [2.24, 2.45) is 5.92 Å². The molecule has 1 saturated carbocycles. The van der Waals surface area contributed by atoms with Crippen LogP contribution < -0.4 is 4.74 Å².